The molecule has 0 radical (unpaired) electrons. The highest BCUT2D eigenvalue weighted by molar-refractivity contribution is 7.09. The van der Waals surface area contributed by atoms with Gasteiger partial charge in [0.15, 0.2) is 0 Å². The zero-order valence-corrected chi connectivity index (χ0v) is 10.3. The largest absolute Gasteiger partial charge is 0.380 e. The molecule has 0 fully saturated rings. The Labute approximate surface area is 95.6 Å². The van der Waals surface area contributed by atoms with E-state index in [0.717, 1.165) is 13.2 Å². The van der Waals surface area contributed by atoms with Crippen LogP contribution in [0.5, 0.6) is 0 Å². The minimum absolute atomic E-state index is 0.125. The second-order valence-corrected chi connectivity index (χ2v) is 4.87. The Bertz CT molecular complexity index is 264. The number of rotatable bonds is 7. The molecule has 4 heteroatoms. The van der Waals surface area contributed by atoms with Crippen molar-refractivity contribution in [3.8, 4) is 0 Å². The molecule has 1 aromatic heterocycles. The van der Waals surface area contributed by atoms with Gasteiger partial charge in [0.1, 0.15) is 0 Å². The Morgan fingerprint density at radius 2 is 2.40 bits per heavy atom. The van der Waals surface area contributed by atoms with Gasteiger partial charge in [-0.25, -0.2) is 0 Å². The van der Waals surface area contributed by atoms with Gasteiger partial charge in [-0.1, -0.05) is 6.07 Å². The van der Waals surface area contributed by atoms with Crippen molar-refractivity contribution in [1.29, 1.82) is 0 Å². The predicted molar refractivity (Wildman–Crippen MR) is 65.1 cm³/mol. The third kappa shape index (κ3) is 4.30. The van der Waals surface area contributed by atoms with E-state index >= 15 is 0 Å². The number of nitrogens with two attached hydrogens (primary N) is 1. The first-order chi connectivity index (χ1) is 7.20. The van der Waals surface area contributed by atoms with E-state index in [2.05, 4.69) is 29.8 Å². The van der Waals surface area contributed by atoms with Crippen LogP contribution < -0.4 is 11.1 Å². The van der Waals surface area contributed by atoms with Crippen LogP contribution in [0.3, 0.4) is 0 Å². The summed E-state index contributed by atoms with van der Waals surface area (Å²) in [6.07, 6.45) is 0. The summed E-state index contributed by atoms with van der Waals surface area (Å²) < 4.78 is 5.42. The van der Waals surface area contributed by atoms with Gasteiger partial charge in [-0.15, -0.1) is 11.3 Å². The molecule has 0 aliphatic rings. The van der Waals surface area contributed by atoms with Crippen LogP contribution >= 0.6 is 11.3 Å². The summed E-state index contributed by atoms with van der Waals surface area (Å²) in [5.74, 6) is 0. The smallest absolute Gasteiger partial charge is 0.0657 e. The first kappa shape index (κ1) is 12.6. The number of thiophene rings is 1. The zero-order valence-electron chi connectivity index (χ0n) is 9.45. The van der Waals surface area contributed by atoms with E-state index in [4.69, 9.17) is 10.5 Å². The summed E-state index contributed by atoms with van der Waals surface area (Å²) in [4.78, 5) is 1.33. The van der Waals surface area contributed by atoms with Crippen molar-refractivity contribution in [1.82, 2.24) is 5.32 Å². The molecule has 3 nitrogen and oxygen atoms in total. The van der Waals surface area contributed by atoms with Crippen LogP contribution in [0.15, 0.2) is 17.5 Å². The lowest BCUT2D eigenvalue weighted by Gasteiger charge is -2.28. The van der Waals surface area contributed by atoms with Gasteiger partial charge >= 0.3 is 0 Å². The molecule has 0 aliphatic heterocycles. The topological polar surface area (TPSA) is 47.3 Å². The van der Waals surface area contributed by atoms with Gasteiger partial charge in [0.05, 0.1) is 12.1 Å². The molecule has 3 N–H and O–H groups in total. The van der Waals surface area contributed by atoms with Crippen molar-refractivity contribution in [2.75, 3.05) is 19.8 Å². The fourth-order valence-corrected chi connectivity index (χ4v) is 1.87. The summed E-state index contributed by atoms with van der Waals surface area (Å²) >= 11 is 1.75. The van der Waals surface area contributed by atoms with Crippen molar-refractivity contribution < 1.29 is 4.74 Å². The Morgan fingerprint density at radius 1 is 1.60 bits per heavy atom. The Kier molecular flexibility index (Phi) is 5.25. The van der Waals surface area contributed by atoms with E-state index in [1.165, 1.54) is 4.88 Å². The van der Waals surface area contributed by atoms with Crippen LogP contribution in [0.25, 0.3) is 0 Å². The lowest BCUT2D eigenvalue weighted by atomic mass is 10.0. The molecular formula is C11H20N2OS. The fraction of sp³-hybridized carbons (Fsp3) is 0.636. The van der Waals surface area contributed by atoms with Crippen molar-refractivity contribution in [3.05, 3.63) is 22.4 Å². The van der Waals surface area contributed by atoms with Crippen molar-refractivity contribution >= 4 is 11.3 Å². The zero-order chi connectivity index (χ0) is 11.1. The van der Waals surface area contributed by atoms with Crippen molar-refractivity contribution in [2.45, 2.75) is 25.9 Å². The monoisotopic (exact) mass is 228 g/mol. The third-order valence-electron chi connectivity index (χ3n) is 2.34. The van der Waals surface area contributed by atoms with Crippen molar-refractivity contribution in [3.63, 3.8) is 0 Å². The third-order valence-corrected chi connectivity index (χ3v) is 3.22. The Balaban J connectivity index is 2.38. The first-order valence-electron chi connectivity index (χ1n) is 5.25. The van der Waals surface area contributed by atoms with Crippen LogP contribution in [0, 0.1) is 0 Å². The molecule has 0 aliphatic carbocycles. The Hall–Kier alpha value is -0.420. The summed E-state index contributed by atoms with van der Waals surface area (Å²) in [7, 11) is 0. The normalized spacial score (nSPS) is 15.1. The standard InChI is InChI=1S/C11H20N2OS/c1-3-14-9-11(2,8-12)13-7-10-5-4-6-15-10/h4-6,13H,3,7-9,12H2,1-2H3. The molecule has 1 rings (SSSR count). The molecule has 1 aromatic rings. The van der Waals surface area contributed by atoms with Crippen LogP contribution in [-0.2, 0) is 11.3 Å². The molecule has 86 valence electrons. The average Bonchev–Trinajstić information content (AvgIpc) is 2.76. The number of hydrogen-bond acceptors (Lipinski definition) is 4. The average molecular weight is 228 g/mol. The van der Waals surface area contributed by atoms with Crippen LogP contribution in [0.2, 0.25) is 0 Å². The maximum absolute atomic E-state index is 5.75. The highest BCUT2D eigenvalue weighted by Gasteiger charge is 2.21. The molecule has 0 bridgehead atoms. The molecule has 0 aromatic carbocycles. The number of nitrogens with one attached hydrogen (secondary N) is 1. The lowest BCUT2D eigenvalue weighted by molar-refractivity contribution is 0.0869. The molecule has 1 heterocycles. The molecule has 1 unspecified atom stereocenters. The van der Waals surface area contributed by atoms with E-state index in [1.54, 1.807) is 11.3 Å². The molecule has 0 saturated heterocycles. The van der Waals surface area contributed by atoms with E-state index in [-0.39, 0.29) is 5.54 Å². The van der Waals surface area contributed by atoms with Gasteiger partial charge < -0.3 is 15.8 Å². The summed E-state index contributed by atoms with van der Waals surface area (Å²) in [6, 6.07) is 4.18. The van der Waals surface area contributed by atoms with E-state index in [9.17, 15) is 0 Å². The summed E-state index contributed by atoms with van der Waals surface area (Å²) in [5, 5.41) is 5.53. The highest BCUT2D eigenvalue weighted by atomic mass is 32.1. The number of ether oxygens (including phenoxy) is 1. The minimum Gasteiger partial charge on any atom is -0.380 e. The maximum Gasteiger partial charge on any atom is 0.0657 e. The van der Waals surface area contributed by atoms with Gasteiger partial charge in [-0.3, -0.25) is 0 Å². The summed E-state index contributed by atoms with van der Waals surface area (Å²) in [6.45, 7) is 6.92. The van der Waals surface area contributed by atoms with E-state index in [1.807, 2.05) is 6.92 Å². The predicted octanol–water partition coefficient (Wildman–Crippen LogP) is 1.59. The van der Waals surface area contributed by atoms with Crippen LogP contribution in [0.1, 0.15) is 18.7 Å². The Morgan fingerprint density at radius 3 is 2.93 bits per heavy atom. The van der Waals surface area contributed by atoms with Gasteiger partial charge in [0.2, 0.25) is 0 Å². The van der Waals surface area contributed by atoms with Crippen LogP contribution in [0.4, 0.5) is 0 Å². The minimum atomic E-state index is -0.125. The highest BCUT2D eigenvalue weighted by Crippen LogP contribution is 2.10. The van der Waals surface area contributed by atoms with Gasteiger partial charge in [-0.05, 0) is 25.3 Å². The van der Waals surface area contributed by atoms with Crippen molar-refractivity contribution in [2.24, 2.45) is 5.73 Å². The second kappa shape index (κ2) is 6.23. The molecule has 15 heavy (non-hydrogen) atoms. The van der Waals surface area contributed by atoms with E-state index in [0.29, 0.717) is 13.2 Å². The molecular weight excluding hydrogens is 208 g/mol. The van der Waals surface area contributed by atoms with Crippen LogP contribution in [-0.4, -0.2) is 25.3 Å². The number of hydrogen-bond donors (Lipinski definition) is 2. The molecule has 0 saturated carbocycles. The van der Waals surface area contributed by atoms with Gasteiger partial charge in [0.25, 0.3) is 0 Å². The molecule has 0 amide bonds. The van der Waals surface area contributed by atoms with E-state index < -0.39 is 0 Å². The first-order valence-corrected chi connectivity index (χ1v) is 6.13. The second-order valence-electron chi connectivity index (χ2n) is 3.83. The molecule has 0 spiro atoms. The quantitative estimate of drug-likeness (QED) is 0.745. The summed E-state index contributed by atoms with van der Waals surface area (Å²) in [5.41, 5.74) is 5.62. The van der Waals surface area contributed by atoms with Gasteiger partial charge in [-0.2, -0.15) is 0 Å². The maximum atomic E-state index is 5.75. The lowest BCUT2D eigenvalue weighted by Crippen LogP contribution is -2.51. The molecule has 1 atom stereocenters. The fourth-order valence-electron chi connectivity index (χ4n) is 1.22. The van der Waals surface area contributed by atoms with Gasteiger partial charge in [0, 0.05) is 24.6 Å². The SMILES string of the molecule is CCOCC(C)(CN)NCc1cccs1.